The van der Waals surface area contributed by atoms with E-state index in [1.54, 1.807) is 0 Å². The molecule has 0 radical (unpaired) electrons. The van der Waals surface area contributed by atoms with Crippen molar-refractivity contribution in [3.8, 4) is 0 Å². The topological polar surface area (TPSA) is 186 Å². The number of aliphatic hydroxyl groups excluding tert-OH is 3. The minimum absolute atomic E-state index is 0.141. The number of hydrogen-bond donors (Lipinski definition) is 4. The fraction of sp³-hybridized carbons (Fsp3) is 0.714. The van der Waals surface area contributed by atoms with Crippen LogP contribution in [0.4, 0.5) is 0 Å². The van der Waals surface area contributed by atoms with Crippen LogP contribution in [-0.4, -0.2) is 96.0 Å². The quantitative estimate of drug-likeness (QED) is 0.0199. The highest BCUT2D eigenvalue weighted by atomic mass is 32.2. The van der Waals surface area contributed by atoms with Crippen molar-refractivity contribution in [2.24, 2.45) is 0 Å². The summed E-state index contributed by atoms with van der Waals surface area (Å²) in [6.45, 7) is 3.59. The molecule has 1 rings (SSSR count). The highest BCUT2D eigenvalue weighted by molar-refractivity contribution is 7.85. The van der Waals surface area contributed by atoms with Gasteiger partial charge in [-0.1, -0.05) is 145 Å². The second kappa shape index (κ2) is 38.5. The van der Waals surface area contributed by atoms with E-state index in [1.807, 2.05) is 0 Å². The molecule has 0 aliphatic carbocycles. The molecule has 1 saturated heterocycles. The van der Waals surface area contributed by atoms with Gasteiger partial charge in [-0.2, -0.15) is 8.42 Å². The molecule has 12 nitrogen and oxygen atoms in total. The van der Waals surface area contributed by atoms with Gasteiger partial charge < -0.3 is 34.3 Å². The molecule has 1 aliphatic heterocycles. The van der Waals surface area contributed by atoms with Gasteiger partial charge in [-0.15, -0.1) is 0 Å². The van der Waals surface area contributed by atoms with Crippen LogP contribution >= 0.6 is 0 Å². The van der Waals surface area contributed by atoms with Gasteiger partial charge in [0.25, 0.3) is 10.1 Å². The highest BCUT2D eigenvalue weighted by Crippen LogP contribution is 2.24. The van der Waals surface area contributed by atoms with Gasteiger partial charge in [0.2, 0.25) is 0 Å². The van der Waals surface area contributed by atoms with Crippen molar-refractivity contribution in [2.75, 3.05) is 19.0 Å². The average molecular weight is 895 g/mol. The van der Waals surface area contributed by atoms with Crippen LogP contribution < -0.4 is 0 Å². The van der Waals surface area contributed by atoms with E-state index in [0.29, 0.717) is 12.8 Å². The zero-order valence-corrected chi connectivity index (χ0v) is 38.8. The zero-order chi connectivity index (χ0) is 45.5. The molecule has 0 aromatic rings. The van der Waals surface area contributed by atoms with E-state index in [1.165, 1.54) is 19.3 Å². The van der Waals surface area contributed by atoms with Crippen LogP contribution in [0.15, 0.2) is 72.9 Å². The summed E-state index contributed by atoms with van der Waals surface area (Å²) < 4.78 is 54.1. The van der Waals surface area contributed by atoms with Gasteiger partial charge in [0.15, 0.2) is 12.4 Å². The second-order valence-electron chi connectivity index (χ2n) is 16.0. The first-order valence-electron chi connectivity index (χ1n) is 23.5. The van der Waals surface area contributed by atoms with E-state index in [0.717, 1.165) is 109 Å². The number of carbonyl (C=O) groups excluding carboxylic acids is 2. The first-order valence-corrected chi connectivity index (χ1v) is 25.1. The Balaban J connectivity index is 2.45. The summed E-state index contributed by atoms with van der Waals surface area (Å²) in [5.74, 6) is -2.03. The number of esters is 2. The van der Waals surface area contributed by atoms with E-state index < -0.39 is 71.2 Å². The third kappa shape index (κ3) is 32.7. The SMILES string of the molecule is CC/C=C\C/C=C\C/C=C\C/C=C\CCCCCCCCC(=O)OC(COC(=O)CCCCCCC/C=C\C/C=C\CCCCC)COC1OC(CS(=O)(=O)O)C(O)C(O)C1O. The lowest BCUT2D eigenvalue weighted by molar-refractivity contribution is -0.297. The van der Waals surface area contributed by atoms with Crippen molar-refractivity contribution in [2.45, 2.75) is 205 Å². The van der Waals surface area contributed by atoms with E-state index in [4.69, 9.17) is 18.9 Å². The van der Waals surface area contributed by atoms with Crippen LogP contribution in [0.25, 0.3) is 0 Å². The largest absolute Gasteiger partial charge is 0.462 e. The molecule has 1 aliphatic rings. The standard InChI is InChI=1S/C49H82O12S/c1-3-5-7-9-11-13-15-17-19-20-21-22-24-26-28-30-32-34-36-38-45(51)60-42(40-59-49-48(54)47(53)46(52)43(61-49)41-62(55,56)57)39-58-44(50)37-35-33-31-29-27-25-23-18-16-14-12-10-8-6-4-2/h5,7,11-14,17-19,21-23,42-43,46-49,52-54H,3-4,6,8-10,15-16,20,24-41H2,1-2H3,(H,55,56,57)/b7-5-,13-11-,14-12-,19-17-,22-21-,23-18-. The molecule has 13 heteroatoms. The Morgan fingerprint density at radius 1 is 0.565 bits per heavy atom. The van der Waals surface area contributed by atoms with Crippen LogP contribution in [0.5, 0.6) is 0 Å². The molecule has 0 spiro atoms. The third-order valence-electron chi connectivity index (χ3n) is 10.3. The number of ether oxygens (including phenoxy) is 4. The molecule has 356 valence electrons. The number of hydrogen-bond acceptors (Lipinski definition) is 11. The average Bonchev–Trinajstić information content (AvgIpc) is 3.24. The molecule has 62 heavy (non-hydrogen) atoms. The predicted molar refractivity (Wildman–Crippen MR) is 247 cm³/mol. The molecule has 1 fully saturated rings. The summed E-state index contributed by atoms with van der Waals surface area (Å²) in [6.07, 6.45) is 39.3. The molecule has 4 N–H and O–H groups in total. The van der Waals surface area contributed by atoms with Gasteiger partial charge in [-0.05, 0) is 83.5 Å². The Morgan fingerprint density at radius 3 is 1.52 bits per heavy atom. The van der Waals surface area contributed by atoms with E-state index in [2.05, 4.69) is 86.8 Å². The summed E-state index contributed by atoms with van der Waals surface area (Å²) in [5, 5.41) is 30.9. The minimum Gasteiger partial charge on any atom is -0.462 e. The lowest BCUT2D eigenvalue weighted by Gasteiger charge is -2.40. The van der Waals surface area contributed by atoms with Crippen LogP contribution in [0.1, 0.15) is 168 Å². The summed E-state index contributed by atoms with van der Waals surface area (Å²) in [6, 6.07) is 0. The summed E-state index contributed by atoms with van der Waals surface area (Å²) in [4.78, 5) is 25.4. The van der Waals surface area contributed by atoms with Crippen molar-refractivity contribution >= 4 is 22.1 Å². The molecule has 0 amide bonds. The fourth-order valence-corrected chi connectivity index (χ4v) is 7.33. The molecular formula is C49H82O12S. The Bertz CT molecular complexity index is 1420. The molecule has 6 unspecified atom stereocenters. The number of rotatable bonds is 38. The van der Waals surface area contributed by atoms with Crippen molar-refractivity contribution in [3.63, 3.8) is 0 Å². The number of carbonyl (C=O) groups is 2. The third-order valence-corrected chi connectivity index (χ3v) is 11.0. The zero-order valence-electron chi connectivity index (χ0n) is 37.9. The van der Waals surface area contributed by atoms with Gasteiger partial charge in [-0.25, -0.2) is 0 Å². The number of allylic oxidation sites excluding steroid dienone is 12. The van der Waals surface area contributed by atoms with E-state index >= 15 is 0 Å². The van der Waals surface area contributed by atoms with Gasteiger partial charge in [0.05, 0.1) is 6.61 Å². The van der Waals surface area contributed by atoms with Gasteiger partial charge in [0, 0.05) is 12.8 Å². The minimum atomic E-state index is -4.61. The summed E-state index contributed by atoms with van der Waals surface area (Å²) in [5.41, 5.74) is 0. The van der Waals surface area contributed by atoms with Crippen LogP contribution in [0.2, 0.25) is 0 Å². The molecule has 0 saturated carbocycles. The molecule has 6 atom stereocenters. The van der Waals surface area contributed by atoms with Crippen molar-refractivity contribution < 1.29 is 56.8 Å². The first kappa shape index (κ1) is 57.1. The van der Waals surface area contributed by atoms with Crippen LogP contribution in [-0.2, 0) is 38.7 Å². The summed E-state index contributed by atoms with van der Waals surface area (Å²) >= 11 is 0. The van der Waals surface area contributed by atoms with E-state index in [9.17, 15) is 37.9 Å². The van der Waals surface area contributed by atoms with Crippen molar-refractivity contribution in [1.82, 2.24) is 0 Å². The number of unbranched alkanes of at least 4 members (excludes halogenated alkanes) is 14. The molecule has 0 aromatic carbocycles. The molecule has 0 bridgehead atoms. The Kier molecular flexibility index (Phi) is 35.5. The van der Waals surface area contributed by atoms with Gasteiger partial charge >= 0.3 is 11.9 Å². The maximum atomic E-state index is 12.8. The monoisotopic (exact) mass is 895 g/mol. The van der Waals surface area contributed by atoms with E-state index in [-0.39, 0.29) is 19.4 Å². The maximum Gasteiger partial charge on any atom is 0.306 e. The first-order chi connectivity index (χ1) is 30.0. The Labute approximate surface area is 374 Å². The van der Waals surface area contributed by atoms with Crippen LogP contribution in [0, 0.1) is 0 Å². The van der Waals surface area contributed by atoms with Crippen molar-refractivity contribution in [3.05, 3.63) is 72.9 Å². The van der Waals surface area contributed by atoms with Crippen LogP contribution in [0.3, 0.4) is 0 Å². The lowest BCUT2D eigenvalue weighted by Crippen LogP contribution is -2.60. The number of aliphatic hydroxyl groups is 3. The maximum absolute atomic E-state index is 12.8. The second-order valence-corrected chi connectivity index (χ2v) is 17.5. The predicted octanol–water partition coefficient (Wildman–Crippen LogP) is 9.89. The fourth-order valence-electron chi connectivity index (χ4n) is 6.64. The molecule has 0 aromatic heterocycles. The Hall–Kier alpha value is -2.91. The highest BCUT2D eigenvalue weighted by Gasteiger charge is 2.46. The molecule has 1 heterocycles. The lowest BCUT2D eigenvalue weighted by atomic mass is 10.00. The van der Waals surface area contributed by atoms with Gasteiger partial charge in [0.1, 0.15) is 36.8 Å². The van der Waals surface area contributed by atoms with Gasteiger partial charge in [-0.3, -0.25) is 14.1 Å². The summed E-state index contributed by atoms with van der Waals surface area (Å²) in [7, 11) is -4.61. The normalized spacial score (nSPS) is 20.5. The Morgan fingerprint density at radius 2 is 1.02 bits per heavy atom. The van der Waals surface area contributed by atoms with Crippen molar-refractivity contribution in [1.29, 1.82) is 0 Å². The molecular weight excluding hydrogens is 813 g/mol. The smallest absolute Gasteiger partial charge is 0.306 e.